The number of hydrogen-bond acceptors (Lipinski definition) is 12. The average molecular weight is 869 g/mol. The summed E-state index contributed by atoms with van der Waals surface area (Å²) in [7, 11) is -10.2. The summed E-state index contributed by atoms with van der Waals surface area (Å²) in [6.07, 6.45) is 11.6. The molecule has 0 aliphatic carbocycles. The normalized spacial score (nSPS) is 11.1. The van der Waals surface area contributed by atoms with Crippen LogP contribution in [0, 0.1) is 0 Å². The minimum Gasteiger partial charge on any atom is -0.744 e. The van der Waals surface area contributed by atoms with Crippen molar-refractivity contribution < 1.29 is 85.1 Å². The number of nitrogens with two attached hydrogens (primary N) is 3. The molecule has 0 atom stereocenters. The van der Waals surface area contributed by atoms with E-state index in [1.807, 2.05) is 12.1 Å². The van der Waals surface area contributed by atoms with E-state index in [2.05, 4.69) is 137 Å². The molecular formula is C45H38N6Na2O6S2. The summed E-state index contributed by atoms with van der Waals surface area (Å²) in [6, 6.07) is 49.9. The first-order valence-electron chi connectivity index (χ1n) is 17.7. The summed E-state index contributed by atoms with van der Waals surface area (Å²) in [6.45, 7) is 0. The van der Waals surface area contributed by atoms with Crippen LogP contribution in [0.4, 0.5) is 17.3 Å². The summed E-state index contributed by atoms with van der Waals surface area (Å²) >= 11 is 0. The number of nitrogen functional groups attached to an aromatic ring is 3. The van der Waals surface area contributed by atoms with Crippen molar-refractivity contribution in [3.63, 3.8) is 0 Å². The zero-order chi connectivity index (χ0) is 42.3. The van der Waals surface area contributed by atoms with E-state index in [0.717, 1.165) is 6.07 Å². The van der Waals surface area contributed by atoms with E-state index < -0.39 is 30.0 Å². The number of benzene rings is 6. The predicted octanol–water partition coefficient (Wildman–Crippen LogP) is 1.99. The van der Waals surface area contributed by atoms with Crippen LogP contribution in [0.5, 0.6) is 0 Å². The van der Waals surface area contributed by atoms with E-state index in [9.17, 15) is 25.9 Å². The molecule has 0 amide bonds. The molecule has 0 saturated carbocycles. The van der Waals surface area contributed by atoms with Crippen molar-refractivity contribution in [3.8, 4) is 11.1 Å². The molecule has 1 aromatic heterocycles. The third-order valence-electron chi connectivity index (χ3n) is 8.36. The zero-order valence-electron chi connectivity index (χ0n) is 33.3. The molecule has 0 fully saturated rings. The Kier molecular flexibility index (Phi) is 19.9. The van der Waals surface area contributed by atoms with Crippen molar-refractivity contribution in [2.45, 2.75) is 9.79 Å². The fourth-order valence-electron chi connectivity index (χ4n) is 5.51. The van der Waals surface area contributed by atoms with Gasteiger partial charge in [-0.2, -0.15) is 0 Å². The van der Waals surface area contributed by atoms with Crippen molar-refractivity contribution in [2.24, 2.45) is 0 Å². The monoisotopic (exact) mass is 868 g/mol. The quantitative estimate of drug-likeness (QED) is 0.108. The SMILES string of the molecule is C(=Cc1cccc(-c2ccccc2)c1C=Cc1ccccc1)c1ccccc1.Nc1nnnc(N)c1N.O=S(=O)([O-])c1cccc(C=Cc2ccccc2)c1S(=O)(=O)[O-].[Na+].[Na+]. The van der Waals surface area contributed by atoms with Gasteiger partial charge in [-0.1, -0.05) is 188 Å². The van der Waals surface area contributed by atoms with E-state index in [4.69, 9.17) is 17.2 Å². The van der Waals surface area contributed by atoms with Crippen LogP contribution in [0.1, 0.15) is 33.4 Å². The van der Waals surface area contributed by atoms with Gasteiger partial charge in [0, 0.05) is 0 Å². The molecule has 0 unspecified atom stereocenters. The van der Waals surface area contributed by atoms with E-state index in [1.165, 1.54) is 57.7 Å². The summed E-state index contributed by atoms with van der Waals surface area (Å²) in [5.74, 6) is 0.227. The summed E-state index contributed by atoms with van der Waals surface area (Å²) in [5.41, 5.74) is 23.7. The average Bonchev–Trinajstić information content (AvgIpc) is 3.24. The van der Waals surface area contributed by atoms with Gasteiger partial charge in [-0.05, 0) is 55.8 Å². The molecule has 7 rings (SSSR count). The molecule has 0 radical (unpaired) electrons. The largest absolute Gasteiger partial charge is 1.00 e. The van der Waals surface area contributed by atoms with E-state index in [0.29, 0.717) is 5.56 Å². The molecule has 16 heteroatoms. The maximum absolute atomic E-state index is 11.3. The van der Waals surface area contributed by atoms with Gasteiger partial charge >= 0.3 is 59.1 Å². The van der Waals surface area contributed by atoms with Crippen molar-refractivity contribution in [2.75, 3.05) is 17.2 Å². The van der Waals surface area contributed by atoms with Crippen LogP contribution in [-0.4, -0.2) is 41.4 Å². The van der Waals surface area contributed by atoms with Gasteiger partial charge in [-0.3, -0.25) is 0 Å². The number of rotatable bonds is 9. The van der Waals surface area contributed by atoms with Gasteiger partial charge in [0.1, 0.15) is 25.9 Å². The van der Waals surface area contributed by atoms with Crippen molar-refractivity contribution in [3.05, 3.63) is 191 Å². The van der Waals surface area contributed by atoms with Gasteiger partial charge in [0.15, 0.2) is 11.6 Å². The number of aromatic nitrogens is 3. The van der Waals surface area contributed by atoms with Crippen LogP contribution in [0.2, 0.25) is 0 Å². The minimum atomic E-state index is -5.13. The molecule has 7 aromatic rings. The molecule has 0 bridgehead atoms. The Labute approximate surface area is 400 Å². The van der Waals surface area contributed by atoms with E-state index >= 15 is 0 Å². The van der Waals surface area contributed by atoms with Crippen LogP contribution in [0.3, 0.4) is 0 Å². The molecular weight excluding hydrogens is 831 g/mol. The Morgan fingerprint density at radius 1 is 0.443 bits per heavy atom. The van der Waals surface area contributed by atoms with E-state index in [-0.39, 0.29) is 82.0 Å². The standard InChI is InChI=1S/C28H22.C14H12O6S2.C3H6N6.2Na/c1-4-11-23(12-5-1)19-21-26-17-10-18-27(25-15-8-3-9-16-25)28(26)22-20-24-13-6-2-7-14-24;15-21(16,17)13-8-4-7-12(14(13)22(18,19)20)10-9-11-5-2-1-3-6-11;4-1-2(5)7-9-8-3(1)6;;/h1-22H;1-10H,(H,15,16,17)(H,18,19,20);(H2,4,9)(H4,5,6,7,8);;/q;;;2*+1/p-2. The molecule has 0 aliphatic rings. The van der Waals surface area contributed by atoms with Crippen LogP contribution in [0.25, 0.3) is 47.6 Å². The van der Waals surface area contributed by atoms with Crippen molar-refractivity contribution in [1.29, 1.82) is 0 Å². The summed E-state index contributed by atoms with van der Waals surface area (Å²) < 4.78 is 67.5. The Hall–Kier alpha value is -5.23. The van der Waals surface area contributed by atoms with Crippen LogP contribution >= 0.6 is 0 Å². The Bertz CT molecular complexity index is 2780. The van der Waals surface area contributed by atoms with Gasteiger partial charge in [-0.25, -0.2) is 16.8 Å². The first-order valence-corrected chi connectivity index (χ1v) is 20.6. The van der Waals surface area contributed by atoms with Gasteiger partial charge < -0.3 is 26.3 Å². The minimum absolute atomic E-state index is 0. The number of hydrogen-bond donors (Lipinski definition) is 3. The Morgan fingerprint density at radius 3 is 1.30 bits per heavy atom. The van der Waals surface area contributed by atoms with Crippen molar-refractivity contribution in [1.82, 2.24) is 15.4 Å². The molecule has 0 spiro atoms. The van der Waals surface area contributed by atoms with Gasteiger partial charge in [0.2, 0.25) is 0 Å². The summed E-state index contributed by atoms with van der Waals surface area (Å²) in [5, 5.41) is 9.92. The first kappa shape index (κ1) is 50.1. The second-order valence-corrected chi connectivity index (χ2v) is 15.1. The van der Waals surface area contributed by atoms with Crippen LogP contribution in [0.15, 0.2) is 168 Å². The predicted molar refractivity (Wildman–Crippen MR) is 233 cm³/mol. The van der Waals surface area contributed by atoms with Gasteiger partial charge in [0.05, 0.1) is 9.79 Å². The zero-order valence-corrected chi connectivity index (χ0v) is 38.9. The molecule has 6 aromatic carbocycles. The molecule has 0 aliphatic heterocycles. The Balaban J connectivity index is 0.000000268. The first-order chi connectivity index (χ1) is 28.3. The molecule has 1 heterocycles. The summed E-state index contributed by atoms with van der Waals surface area (Å²) in [4.78, 5) is -2.07. The van der Waals surface area contributed by atoms with Crippen LogP contribution in [-0.2, 0) is 20.2 Å². The second kappa shape index (κ2) is 24.3. The van der Waals surface area contributed by atoms with Gasteiger partial charge in [0.25, 0.3) is 0 Å². The number of anilines is 3. The molecule has 0 saturated heterocycles. The molecule has 298 valence electrons. The van der Waals surface area contributed by atoms with E-state index in [1.54, 1.807) is 30.3 Å². The fourth-order valence-corrected chi connectivity index (χ4v) is 7.46. The second-order valence-electron chi connectivity index (χ2n) is 12.5. The molecule has 6 N–H and O–H groups in total. The third kappa shape index (κ3) is 15.3. The smallest absolute Gasteiger partial charge is 0.744 e. The molecule has 12 nitrogen and oxygen atoms in total. The van der Waals surface area contributed by atoms with Crippen molar-refractivity contribution >= 4 is 74.0 Å². The van der Waals surface area contributed by atoms with Crippen LogP contribution < -0.4 is 76.3 Å². The third-order valence-corrected chi connectivity index (χ3v) is 10.3. The van der Waals surface area contributed by atoms with Gasteiger partial charge in [-0.15, -0.1) is 10.2 Å². The molecule has 61 heavy (non-hydrogen) atoms. The fraction of sp³-hybridized carbons (Fsp3) is 0. The Morgan fingerprint density at radius 2 is 0.852 bits per heavy atom. The maximum atomic E-state index is 11.3. The maximum Gasteiger partial charge on any atom is 1.00 e. The number of nitrogens with zero attached hydrogens (tertiary/aromatic N) is 3. The topological polar surface area (TPSA) is 231 Å².